The molecule has 0 atom stereocenters. The Morgan fingerprint density at radius 2 is 2.44 bits per heavy atom. The minimum atomic E-state index is -0.400. The van der Waals surface area contributed by atoms with Gasteiger partial charge in [0.15, 0.2) is 0 Å². The number of nitrogens with zero attached hydrogens (tertiary/aromatic N) is 3. The number of aromatic amines is 1. The van der Waals surface area contributed by atoms with Crippen LogP contribution in [0.15, 0.2) is 32.6 Å². The Balaban J connectivity index is 2.38. The van der Waals surface area contributed by atoms with Gasteiger partial charge in [0.05, 0.1) is 6.21 Å². The maximum absolute atomic E-state index is 11.3. The molecule has 2 aromatic rings. The van der Waals surface area contributed by atoms with Gasteiger partial charge in [-0.25, -0.2) is 0 Å². The molecule has 0 aliphatic heterocycles. The van der Waals surface area contributed by atoms with Crippen molar-refractivity contribution in [2.75, 3.05) is 0 Å². The van der Waals surface area contributed by atoms with Crippen LogP contribution in [0, 0.1) is 11.7 Å². The molecule has 0 radical (unpaired) electrons. The number of rotatable bonds is 2. The van der Waals surface area contributed by atoms with Crippen LogP contribution in [0.2, 0.25) is 0 Å². The molecule has 82 valence electrons. The molecule has 0 amide bonds. The van der Waals surface area contributed by atoms with E-state index in [2.05, 4.69) is 15.3 Å². The van der Waals surface area contributed by atoms with E-state index < -0.39 is 5.56 Å². The molecular formula is C9H8N4O2S. The van der Waals surface area contributed by atoms with Gasteiger partial charge in [-0.2, -0.15) is 14.9 Å². The van der Waals surface area contributed by atoms with Crippen molar-refractivity contribution in [3.63, 3.8) is 0 Å². The molecule has 2 heterocycles. The van der Waals surface area contributed by atoms with Crippen LogP contribution in [0.3, 0.4) is 0 Å². The molecule has 6 nitrogen and oxygen atoms in total. The van der Waals surface area contributed by atoms with Crippen molar-refractivity contribution in [3.05, 3.63) is 45.0 Å². The summed E-state index contributed by atoms with van der Waals surface area (Å²) in [6, 6.07) is 3.55. The van der Waals surface area contributed by atoms with E-state index in [1.165, 1.54) is 6.21 Å². The summed E-state index contributed by atoms with van der Waals surface area (Å²) >= 11 is 4.86. The second-order valence-corrected chi connectivity index (χ2v) is 3.40. The van der Waals surface area contributed by atoms with E-state index >= 15 is 0 Å². The van der Waals surface area contributed by atoms with E-state index in [4.69, 9.17) is 16.6 Å². The van der Waals surface area contributed by atoms with Gasteiger partial charge in [0.2, 0.25) is 4.77 Å². The standard InChI is InChI=1S/C9H8N4O2S/c1-6-2-3-7(15-6)4-11-13-8(14)5-10-12-9(13)16/h2-5H,1H3,(H,12,16)/b11-4+. The average molecular weight is 236 g/mol. The van der Waals surface area contributed by atoms with Crippen molar-refractivity contribution in [1.82, 2.24) is 14.9 Å². The first-order chi connectivity index (χ1) is 7.66. The van der Waals surface area contributed by atoms with Crippen LogP contribution in [-0.2, 0) is 0 Å². The van der Waals surface area contributed by atoms with Crippen LogP contribution < -0.4 is 5.56 Å². The van der Waals surface area contributed by atoms with E-state index in [9.17, 15) is 4.79 Å². The molecule has 0 aliphatic carbocycles. The largest absolute Gasteiger partial charge is 0.460 e. The van der Waals surface area contributed by atoms with Gasteiger partial charge in [-0.05, 0) is 31.3 Å². The molecular weight excluding hydrogens is 228 g/mol. The molecule has 0 aliphatic rings. The Labute approximate surface area is 95.2 Å². The molecule has 2 rings (SSSR count). The summed E-state index contributed by atoms with van der Waals surface area (Å²) in [6.45, 7) is 1.82. The highest BCUT2D eigenvalue weighted by atomic mass is 32.1. The van der Waals surface area contributed by atoms with Gasteiger partial charge in [0, 0.05) is 0 Å². The van der Waals surface area contributed by atoms with Gasteiger partial charge in [0.25, 0.3) is 5.56 Å². The molecule has 7 heteroatoms. The Bertz CT molecular complexity index is 609. The van der Waals surface area contributed by atoms with E-state index in [0.29, 0.717) is 5.76 Å². The summed E-state index contributed by atoms with van der Waals surface area (Å²) < 4.78 is 6.42. The Morgan fingerprint density at radius 3 is 3.06 bits per heavy atom. The molecule has 16 heavy (non-hydrogen) atoms. The van der Waals surface area contributed by atoms with Crippen molar-refractivity contribution < 1.29 is 4.42 Å². The first-order valence-electron chi connectivity index (χ1n) is 4.44. The topological polar surface area (TPSA) is 76.2 Å². The monoisotopic (exact) mass is 236 g/mol. The smallest absolute Gasteiger partial charge is 0.293 e. The van der Waals surface area contributed by atoms with Crippen LogP contribution >= 0.6 is 12.2 Å². The minimum Gasteiger partial charge on any atom is -0.460 e. The summed E-state index contributed by atoms with van der Waals surface area (Å²) in [5.74, 6) is 1.32. The van der Waals surface area contributed by atoms with Crippen LogP contribution in [-0.4, -0.2) is 21.1 Å². The zero-order chi connectivity index (χ0) is 11.5. The summed E-state index contributed by atoms with van der Waals surface area (Å²) in [4.78, 5) is 11.3. The highest BCUT2D eigenvalue weighted by Gasteiger charge is 1.96. The summed E-state index contributed by atoms with van der Waals surface area (Å²) in [7, 11) is 0. The maximum atomic E-state index is 11.3. The first kappa shape index (κ1) is 10.5. The summed E-state index contributed by atoms with van der Waals surface area (Å²) in [5, 5.41) is 9.91. The highest BCUT2D eigenvalue weighted by molar-refractivity contribution is 7.71. The predicted octanol–water partition coefficient (Wildman–Crippen LogP) is 1.08. The SMILES string of the molecule is Cc1ccc(/C=N/n2c(=O)cn[nH]c2=S)o1. The normalized spacial score (nSPS) is 11.1. The molecule has 0 unspecified atom stereocenters. The Morgan fingerprint density at radius 1 is 1.62 bits per heavy atom. The molecule has 0 saturated carbocycles. The second-order valence-electron chi connectivity index (χ2n) is 3.02. The third-order valence-electron chi connectivity index (χ3n) is 1.80. The first-order valence-corrected chi connectivity index (χ1v) is 4.85. The van der Waals surface area contributed by atoms with Crippen LogP contribution in [0.25, 0.3) is 0 Å². The van der Waals surface area contributed by atoms with E-state index in [-0.39, 0.29) is 4.77 Å². The van der Waals surface area contributed by atoms with Crippen LogP contribution in [0.1, 0.15) is 11.5 Å². The number of aromatic nitrogens is 3. The molecule has 0 fully saturated rings. The number of nitrogens with one attached hydrogen (secondary N) is 1. The lowest BCUT2D eigenvalue weighted by atomic mass is 10.4. The minimum absolute atomic E-state index is 0.132. The molecule has 0 bridgehead atoms. The van der Waals surface area contributed by atoms with Gasteiger partial charge >= 0.3 is 0 Å². The van der Waals surface area contributed by atoms with Crippen molar-refractivity contribution in [3.8, 4) is 0 Å². The van der Waals surface area contributed by atoms with E-state index in [1.807, 2.05) is 6.92 Å². The second kappa shape index (κ2) is 4.23. The number of furan rings is 1. The van der Waals surface area contributed by atoms with Crippen molar-refractivity contribution in [2.24, 2.45) is 5.10 Å². The van der Waals surface area contributed by atoms with Crippen molar-refractivity contribution >= 4 is 18.4 Å². The average Bonchev–Trinajstić information content (AvgIpc) is 2.63. The predicted molar refractivity (Wildman–Crippen MR) is 60.1 cm³/mol. The fourth-order valence-corrected chi connectivity index (χ4v) is 1.28. The zero-order valence-corrected chi connectivity index (χ0v) is 9.19. The number of aryl methyl sites for hydroxylation is 1. The Hall–Kier alpha value is -2.02. The Kier molecular flexibility index (Phi) is 2.78. The van der Waals surface area contributed by atoms with Crippen LogP contribution in [0.5, 0.6) is 0 Å². The van der Waals surface area contributed by atoms with Crippen LogP contribution in [0.4, 0.5) is 0 Å². The molecule has 1 N–H and O–H groups in total. The lowest BCUT2D eigenvalue weighted by Crippen LogP contribution is -2.18. The molecule has 0 spiro atoms. The lowest BCUT2D eigenvalue weighted by molar-refractivity contribution is 0.527. The molecule has 0 aromatic carbocycles. The lowest BCUT2D eigenvalue weighted by Gasteiger charge is -1.94. The fraction of sp³-hybridized carbons (Fsp3) is 0.111. The summed E-state index contributed by atoms with van der Waals surface area (Å²) in [6.07, 6.45) is 2.51. The van der Waals surface area contributed by atoms with Gasteiger partial charge < -0.3 is 4.42 Å². The zero-order valence-electron chi connectivity index (χ0n) is 8.38. The van der Waals surface area contributed by atoms with E-state index in [0.717, 1.165) is 16.6 Å². The number of hydrogen-bond donors (Lipinski definition) is 1. The van der Waals surface area contributed by atoms with Gasteiger partial charge in [-0.15, -0.1) is 0 Å². The molecule has 2 aromatic heterocycles. The number of hydrogen-bond acceptors (Lipinski definition) is 5. The summed E-state index contributed by atoms with van der Waals surface area (Å²) in [5.41, 5.74) is -0.400. The van der Waals surface area contributed by atoms with Gasteiger partial charge in [0.1, 0.15) is 17.7 Å². The maximum Gasteiger partial charge on any atom is 0.293 e. The van der Waals surface area contributed by atoms with E-state index in [1.54, 1.807) is 12.1 Å². The fourth-order valence-electron chi connectivity index (χ4n) is 1.09. The third kappa shape index (κ3) is 2.14. The number of H-pyrrole nitrogens is 1. The quantitative estimate of drug-likeness (QED) is 0.625. The highest BCUT2D eigenvalue weighted by Crippen LogP contribution is 2.02. The van der Waals surface area contributed by atoms with Crippen molar-refractivity contribution in [2.45, 2.75) is 6.92 Å². The van der Waals surface area contributed by atoms with Gasteiger partial charge in [-0.1, -0.05) is 0 Å². The van der Waals surface area contributed by atoms with Gasteiger partial charge in [-0.3, -0.25) is 9.89 Å². The molecule has 0 saturated heterocycles. The van der Waals surface area contributed by atoms with Crippen molar-refractivity contribution in [1.29, 1.82) is 0 Å². The third-order valence-corrected chi connectivity index (χ3v) is 2.06.